The predicted molar refractivity (Wildman–Crippen MR) is 214 cm³/mol. The van der Waals surface area contributed by atoms with Crippen LogP contribution in [0.2, 0.25) is 50.4 Å². The Balaban J connectivity index is 1.38. The van der Waals surface area contributed by atoms with Gasteiger partial charge in [-0.3, -0.25) is 0 Å². The Kier molecular flexibility index (Phi) is 14.7. The molecule has 1 aliphatic heterocycles. The molecule has 2 atom stereocenters. The predicted octanol–water partition coefficient (Wildman–Crippen LogP) is 12.3. The van der Waals surface area contributed by atoms with Crippen LogP contribution >= 0.6 is 0 Å². The smallest absolute Gasteiger partial charge is 0.416 e. The summed E-state index contributed by atoms with van der Waals surface area (Å²) in [6, 6.07) is 27.5. The Morgan fingerprint density at radius 1 is 0.382 bits per heavy atom. The second kappa shape index (κ2) is 18.6. The molecule has 4 aromatic rings. The normalized spacial score (nSPS) is 24.7. The SMILES string of the molecule is C[Si]1(CCCc2ccc(F)cc2)O[Si](C)(CCCc2ccc(F)cc2)O[Si](C)(CCCc2ccc(C(F)(F)F)cc2)O[Si](C)(CCCc2ccc(F)cc2)O1. The molecule has 0 aromatic heterocycles. The van der Waals surface area contributed by atoms with E-state index in [-0.39, 0.29) is 17.5 Å². The second-order valence-corrected chi connectivity index (χ2v) is 29.8. The minimum atomic E-state index is -4.39. The van der Waals surface area contributed by atoms with Crippen LogP contribution in [0, 0.1) is 17.5 Å². The molecule has 14 heteroatoms. The highest BCUT2D eigenvalue weighted by atomic mass is 28.5. The molecule has 2 unspecified atom stereocenters. The van der Waals surface area contributed by atoms with Crippen molar-refractivity contribution in [3.8, 4) is 0 Å². The van der Waals surface area contributed by atoms with Crippen LogP contribution in [0.4, 0.5) is 26.3 Å². The molecule has 0 spiro atoms. The van der Waals surface area contributed by atoms with Crippen molar-refractivity contribution in [1.29, 1.82) is 0 Å². The van der Waals surface area contributed by atoms with Crippen molar-refractivity contribution >= 4 is 34.2 Å². The minimum absolute atomic E-state index is 0.276. The monoisotopic (exact) mass is 834 g/mol. The van der Waals surface area contributed by atoms with Crippen LogP contribution in [0.5, 0.6) is 0 Å². The number of benzene rings is 4. The topological polar surface area (TPSA) is 36.9 Å². The molecule has 0 bridgehead atoms. The molecule has 1 heterocycles. The number of hydrogen-bond acceptors (Lipinski definition) is 4. The van der Waals surface area contributed by atoms with Crippen molar-refractivity contribution in [1.82, 2.24) is 0 Å². The maximum absolute atomic E-state index is 13.6. The fourth-order valence-corrected chi connectivity index (χ4v) is 30.9. The van der Waals surface area contributed by atoms with Gasteiger partial charge in [-0.25, -0.2) is 13.2 Å². The van der Waals surface area contributed by atoms with Crippen molar-refractivity contribution in [3.05, 3.63) is 142 Å². The van der Waals surface area contributed by atoms with E-state index in [1.165, 1.54) is 48.5 Å². The summed E-state index contributed by atoms with van der Waals surface area (Å²) in [7, 11) is -12.0. The summed E-state index contributed by atoms with van der Waals surface area (Å²) in [6.07, 6.45) is 1.31. The van der Waals surface area contributed by atoms with E-state index in [9.17, 15) is 26.3 Å². The van der Waals surface area contributed by atoms with Crippen LogP contribution in [0.1, 0.15) is 53.5 Å². The number of rotatable bonds is 16. The molecule has 4 aromatic carbocycles. The standard InChI is InChI=1S/C41H52F6O4Si4/c1-52(29-5-9-33-13-21-37(22-14-33)41(45,46)47)48-53(2,30-6-10-34-15-23-38(42)24-16-34)50-55(4,32-8-12-36-19-27-40(44)28-20-36)51-54(3,49-52)31-7-11-35-17-25-39(43)26-18-35/h13-28H,5-12,29-32H2,1-4H3. The molecule has 5 rings (SSSR count). The Labute approximate surface area is 326 Å². The summed E-state index contributed by atoms with van der Waals surface area (Å²) in [5, 5.41) is 0. The lowest BCUT2D eigenvalue weighted by molar-refractivity contribution is -0.137. The van der Waals surface area contributed by atoms with Crippen LogP contribution < -0.4 is 0 Å². The highest BCUT2D eigenvalue weighted by Crippen LogP contribution is 2.40. The molecule has 298 valence electrons. The maximum atomic E-state index is 13.6. The number of hydrogen-bond donors (Lipinski definition) is 0. The first-order valence-corrected chi connectivity index (χ1v) is 29.2. The highest BCUT2D eigenvalue weighted by Gasteiger charge is 2.56. The van der Waals surface area contributed by atoms with Crippen LogP contribution in [-0.4, -0.2) is 34.2 Å². The lowest BCUT2D eigenvalue weighted by Crippen LogP contribution is -2.67. The quantitative estimate of drug-likeness (QED) is 0.0832. The van der Waals surface area contributed by atoms with Gasteiger partial charge < -0.3 is 16.5 Å². The third-order valence-corrected chi connectivity index (χ3v) is 29.0. The van der Waals surface area contributed by atoms with Gasteiger partial charge in [-0.2, -0.15) is 13.2 Å². The molecule has 55 heavy (non-hydrogen) atoms. The first-order valence-electron chi connectivity index (χ1n) is 19.1. The minimum Gasteiger partial charge on any atom is -0.416 e. The molecule has 1 aliphatic rings. The van der Waals surface area contributed by atoms with E-state index in [0.717, 1.165) is 72.9 Å². The summed E-state index contributed by atoms with van der Waals surface area (Å²) in [4.78, 5) is 0. The van der Waals surface area contributed by atoms with Gasteiger partial charge in [-0.15, -0.1) is 0 Å². The van der Waals surface area contributed by atoms with Gasteiger partial charge in [0.2, 0.25) is 0 Å². The number of aryl methyl sites for hydroxylation is 4. The maximum Gasteiger partial charge on any atom is 0.416 e. The van der Waals surface area contributed by atoms with E-state index < -0.39 is 46.0 Å². The van der Waals surface area contributed by atoms with E-state index in [1.54, 1.807) is 36.4 Å². The van der Waals surface area contributed by atoms with E-state index in [0.29, 0.717) is 37.0 Å². The van der Waals surface area contributed by atoms with Crippen LogP contribution in [-0.2, 0) is 48.3 Å². The summed E-state index contributed by atoms with van der Waals surface area (Å²) in [6.45, 7) is 8.36. The summed E-state index contributed by atoms with van der Waals surface area (Å²) in [5.41, 5.74) is 3.21. The highest BCUT2D eigenvalue weighted by molar-refractivity contribution is 6.93. The zero-order valence-electron chi connectivity index (χ0n) is 32.1. The largest absolute Gasteiger partial charge is 0.416 e. The Morgan fingerprint density at radius 3 is 0.818 bits per heavy atom. The van der Waals surface area contributed by atoms with Crippen molar-refractivity contribution in [2.24, 2.45) is 0 Å². The summed E-state index contributed by atoms with van der Waals surface area (Å²) in [5.74, 6) is -0.838. The van der Waals surface area contributed by atoms with Gasteiger partial charge in [0.05, 0.1) is 5.56 Å². The Hall–Kier alpha value is -2.83. The van der Waals surface area contributed by atoms with Gasteiger partial charge in [0.15, 0.2) is 0 Å². The number of alkyl halides is 3. The van der Waals surface area contributed by atoms with E-state index in [2.05, 4.69) is 26.2 Å². The van der Waals surface area contributed by atoms with Crippen molar-refractivity contribution in [2.75, 3.05) is 0 Å². The van der Waals surface area contributed by atoms with Gasteiger partial charge >= 0.3 is 40.4 Å². The summed E-state index contributed by atoms with van der Waals surface area (Å²) < 4.78 is 110. The summed E-state index contributed by atoms with van der Waals surface area (Å²) >= 11 is 0. The van der Waals surface area contributed by atoms with Crippen molar-refractivity contribution in [2.45, 2.75) is 108 Å². The van der Waals surface area contributed by atoms with E-state index >= 15 is 0 Å². The first kappa shape index (κ1) is 43.3. The van der Waals surface area contributed by atoms with Gasteiger partial charge in [-0.1, -0.05) is 48.5 Å². The molecule has 0 saturated carbocycles. The van der Waals surface area contributed by atoms with Crippen molar-refractivity contribution in [3.63, 3.8) is 0 Å². The molecule has 0 N–H and O–H groups in total. The molecule has 0 aliphatic carbocycles. The van der Waals surface area contributed by atoms with Gasteiger partial charge in [0.25, 0.3) is 0 Å². The third-order valence-electron chi connectivity index (χ3n) is 10.1. The zero-order valence-corrected chi connectivity index (χ0v) is 36.1. The first-order chi connectivity index (χ1) is 25.9. The van der Waals surface area contributed by atoms with Crippen LogP contribution in [0.25, 0.3) is 0 Å². The molecule has 1 fully saturated rings. The molecular weight excluding hydrogens is 783 g/mol. The molecule has 1 saturated heterocycles. The number of halogens is 6. The van der Waals surface area contributed by atoms with Gasteiger partial charge in [0, 0.05) is 0 Å². The molecule has 0 amide bonds. The van der Waals surface area contributed by atoms with Crippen molar-refractivity contribution < 1.29 is 42.8 Å². The fraction of sp³-hybridized carbons (Fsp3) is 0.415. The average Bonchev–Trinajstić information content (AvgIpc) is 3.10. The van der Waals surface area contributed by atoms with E-state index in [1.807, 2.05) is 0 Å². The fourth-order valence-electron chi connectivity index (χ4n) is 7.59. The molecule has 4 nitrogen and oxygen atoms in total. The lowest BCUT2D eigenvalue weighted by Gasteiger charge is -2.50. The lowest BCUT2D eigenvalue weighted by atomic mass is 10.1. The second-order valence-electron chi connectivity index (χ2n) is 15.4. The average molecular weight is 835 g/mol. The third kappa shape index (κ3) is 13.7. The van der Waals surface area contributed by atoms with E-state index in [4.69, 9.17) is 16.5 Å². The van der Waals surface area contributed by atoms with Gasteiger partial charge in [-0.05, 0) is 173 Å². The Morgan fingerprint density at radius 2 is 0.600 bits per heavy atom. The Bertz CT molecular complexity index is 1730. The van der Waals surface area contributed by atoms with Crippen LogP contribution in [0.15, 0.2) is 97.1 Å². The van der Waals surface area contributed by atoms with Gasteiger partial charge in [0.1, 0.15) is 17.5 Å². The zero-order chi connectivity index (χ0) is 39.7. The molecule has 0 radical (unpaired) electrons. The molecular formula is C41H52F6O4Si4. The van der Waals surface area contributed by atoms with Crippen LogP contribution in [0.3, 0.4) is 0 Å².